The number of carbonyl (C=O) groups is 2. The third-order valence-corrected chi connectivity index (χ3v) is 3.31. The smallest absolute Gasteiger partial charge is 0.350 e. The number of hydrogen-bond donors (Lipinski definition) is 1. The topological polar surface area (TPSA) is 108 Å². The molecule has 1 aliphatic rings. The molecule has 0 amide bonds. The second-order valence-electron chi connectivity index (χ2n) is 4.92. The summed E-state index contributed by atoms with van der Waals surface area (Å²) in [5, 5.41) is 13.1. The van der Waals surface area contributed by atoms with Gasteiger partial charge in [0, 0.05) is 32.2 Å². The zero-order valence-corrected chi connectivity index (χ0v) is 13.4. The molecule has 0 unspecified atom stereocenters. The molecule has 23 heavy (non-hydrogen) atoms. The van der Waals surface area contributed by atoms with Crippen LogP contribution in [-0.4, -0.2) is 22.6 Å². The Labute approximate surface area is 140 Å². The van der Waals surface area contributed by atoms with Crippen LogP contribution in [0.5, 0.6) is 0 Å². The summed E-state index contributed by atoms with van der Waals surface area (Å²) in [7, 11) is 0. The normalized spacial score (nSPS) is 16.4. The Balaban J connectivity index is 2.28. The van der Waals surface area contributed by atoms with Gasteiger partial charge in [0.25, 0.3) is 11.5 Å². The maximum absolute atomic E-state index is 11.8. The van der Waals surface area contributed by atoms with E-state index in [1.807, 2.05) is 0 Å². The number of halogens is 2. The van der Waals surface area contributed by atoms with E-state index in [1.165, 1.54) is 13.8 Å². The van der Waals surface area contributed by atoms with Crippen molar-refractivity contribution in [2.24, 2.45) is 0 Å². The summed E-state index contributed by atoms with van der Waals surface area (Å²) in [6.45, 7) is 2.83. The fourth-order valence-electron chi connectivity index (χ4n) is 1.73. The summed E-state index contributed by atoms with van der Waals surface area (Å²) in [6.07, 6.45) is 1.01. The molecule has 0 bridgehead atoms. The quantitative estimate of drug-likeness (QED) is 0.290. The number of hydrogen-bond acceptors (Lipinski definition) is 7. The standard InChI is InChI=1S/C13H10Cl2N2O6/c1-13(2)22-11(18)7(12(19)23-13)5-16-10-8(14)3-6(17(20)21)4-9(10)15/h3-5,16H,1-2H3. The van der Waals surface area contributed by atoms with E-state index in [-0.39, 0.29) is 21.4 Å². The van der Waals surface area contributed by atoms with E-state index in [0.717, 1.165) is 18.3 Å². The van der Waals surface area contributed by atoms with Crippen LogP contribution < -0.4 is 5.32 Å². The van der Waals surface area contributed by atoms with Crippen molar-refractivity contribution in [1.29, 1.82) is 0 Å². The number of nitro groups is 1. The summed E-state index contributed by atoms with van der Waals surface area (Å²) >= 11 is 11.8. The maximum Gasteiger partial charge on any atom is 0.350 e. The van der Waals surface area contributed by atoms with Gasteiger partial charge in [-0.3, -0.25) is 10.1 Å². The second kappa shape index (κ2) is 6.05. The average molecular weight is 361 g/mol. The first-order valence-electron chi connectivity index (χ1n) is 6.17. The number of cyclic esters (lactones) is 2. The van der Waals surface area contributed by atoms with E-state index in [1.54, 1.807) is 0 Å². The van der Waals surface area contributed by atoms with E-state index in [4.69, 9.17) is 32.7 Å². The number of anilines is 1. The van der Waals surface area contributed by atoms with Crippen molar-refractivity contribution >= 4 is 46.5 Å². The van der Waals surface area contributed by atoms with Gasteiger partial charge in [-0.15, -0.1) is 0 Å². The van der Waals surface area contributed by atoms with Crippen molar-refractivity contribution in [3.8, 4) is 0 Å². The van der Waals surface area contributed by atoms with Crippen LogP contribution in [0.15, 0.2) is 23.9 Å². The van der Waals surface area contributed by atoms with Gasteiger partial charge >= 0.3 is 11.9 Å². The molecule has 1 aromatic rings. The van der Waals surface area contributed by atoms with E-state index < -0.39 is 28.2 Å². The van der Waals surface area contributed by atoms with Crippen molar-refractivity contribution in [2.75, 3.05) is 5.32 Å². The Morgan fingerprint density at radius 3 is 2.09 bits per heavy atom. The Morgan fingerprint density at radius 2 is 1.65 bits per heavy atom. The largest absolute Gasteiger partial charge is 0.419 e. The molecule has 0 aromatic heterocycles. The molecule has 0 atom stereocenters. The highest BCUT2D eigenvalue weighted by Gasteiger charge is 2.39. The number of nitrogens with one attached hydrogen (secondary N) is 1. The number of carbonyl (C=O) groups excluding carboxylic acids is 2. The lowest BCUT2D eigenvalue weighted by molar-refractivity contribution is -0.384. The van der Waals surface area contributed by atoms with E-state index >= 15 is 0 Å². The van der Waals surface area contributed by atoms with Crippen LogP contribution in [-0.2, 0) is 19.1 Å². The molecular formula is C13H10Cl2N2O6. The first kappa shape index (κ1) is 17.0. The molecule has 8 nitrogen and oxygen atoms in total. The molecule has 1 aromatic carbocycles. The number of ether oxygens (including phenoxy) is 2. The molecule has 0 saturated carbocycles. The predicted molar refractivity (Wildman–Crippen MR) is 81.1 cm³/mol. The van der Waals surface area contributed by atoms with Crippen molar-refractivity contribution in [1.82, 2.24) is 0 Å². The number of benzene rings is 1. The fourth-order valence-corrected chi connectivity index (χ4v) is 2.31. The van der Waals surface area contributed by atoms with Gasteiger partial charge in [0.05, 0.1) is 20.7 Å². The molecule has 1 N–H and O–H groups in total. The third kappa shape index (κ3) is 3.72. The number of rotatable bonds is 3. The highest BCUT2D eigenvalue weighted by molar-refractivity contribution is 6.39. The molecule has 10 heteroatoms. The lowest BCUT2D eigenvalue weighted by Gasteiger charge is -2.29. The fraction of sp³-hybridized carbons (Fsp3) is 0.231. The minimum atomic E-state index is -1.35. The van der Waals surface area contributed by atoms with Gasteiger partial charge in [-0.25, -0.2) is 9.59 Å². The zero-order valence-electron chi connectivity index (χ0n) is 11.9. The summed E-state index contributed by atoms with van der Waals surface area (Å²) in [6, 6.07) is 2.16. The monoisotopic (exact) mass is 360 g/mol. The first-order chi connectivity index (χ1) is 10.6. The van der Waals surface area contributed by atoms with Crippen molar-refractivity contribution < 1.29 is 24.0 Å². The molecule has 1 fully saturated rings. The van der Waals surface area contributed by atoms with E-state index in [9.17, 15) is 19.7 Å². The van der Waals surface area contributed by atoms with Gasteiger partial charge in [0.1, 0.15) is 0 Å². The Morgan fingerprint density at radius 1 is 1.17 bits per heavy atom. The zero-order chi connectivity index (χ0) is 17.4. The van der Waals surface area contributed by atoms with Crippen LogP contribution in [0.1, 0.15) is 13.8 Å². The van der Waals surface area contributed by atoms with Gasteiger partial charge in [-0.05, 0) is 0 Å². The molecule has 0 aliphatic carbocycles. The number of non-ortho nitro benzene ring substituents is 1. The molecular weight excluding hydrogens is 351 g/mol. The van der Waals surface area contributed by atoms with Crippen LogP contribution in [0, 0.1) is 10.1 Å². The molecule has 0 radical (unpaired) electrons. The highest BCUT2D eigenvalue weighted by atomic mass is 35.5. The van der Waals surface area contributed by atoms with Gasteiger partial charge in [-0.1, -0.05) is 23.2 Å². The predicted octanol–water partition coefficient (Wildman–Crippen LogP) is 3.03. The van der Waals surface area contributed by atoms with Crippen molar-refractivity contribution in [3.05, 3.63) is 44.1 Å². The van der Waals surface area contributed by atoms with Crippen LogP contribution in [0.4, 0.5) is 11.4 Å². The lowest BCUT2D eigenvalue weighted by Crippen LogP contribution is -2.42. The summed E-state index contributed by atoms with van der Waals surface area (Å²) < 4.78 is 9.82. The highest BCUT2D eigenvalue weighted by Crippen LogP contribution is 2.35. The molecule has 1 heterocycles. The van der Waals surface area contributed by atoms with Gasteiger partial charge in [0.15, 0.2) is 5.57 Å². The Bertz CT molecular complexity index is 699. The molecule has 2 rings (SSSR count). The third-order valence-electron chi connectivity index (χ3n) is 2.72. The molecule has 1 saturated heterocycles. The molecule has 1 aliphatic heterocycles. The van der Waals surface area contributed by atoms with Crippen molar-refractivity contribution in [2.45, 2.75) is 19.6 Å². The molecule has 0 spiro atoms. The van der Waals surface area contributed by atoms with E-state index in [0.29, 0.717) is 0 Å². The number of esters is 2. The van der Waals surface area contributed by atoms with Crippen LogP contribution in [0.3, 0.4) is 0 Å². The maximum atomic E-state index is 11.8. The van der Waals surface area contributed by atoms with Gasteiger partial charge in [-0.2, -0.15) is 0 Å². The lowest BCUT2D eigenvalue weighted by atomic mass is 10.2. The van der Waals surface area contributed by atoms with Gasteiger partial charge in [0.2, 0.25) is 0 Å². The second-order valence-corrected chi connectivity index (χ2v) is 5.74. The molecule has 122 valence electrons. The summed E-state index contributed by atoms with van der Waals surface area (Å²) in [4.78, 5) is 33.6. The van der Waals surface area contributed by atoms with E-state index in [2.05, 4.69) is 5.32 Å². The summed E-state index contributed by atoms with van der Waals surface area (Å²) in [5.41, 5.74) is -0.594. The van der Waals surface area contributed by atoms with Gasteiger partial charge < -0.3 is 14.8 Å². The number of nitro benzene ring substituents is 1. The number of nitrogens with zero attached hydrogens (tertiary/aromatic N) is 1. The minimum absolute atomic E-state index is 0.0566. The van der Waals surface area contributed by atoms with Crippen LogP contribution in [0.25, 0.3) is 0 Å². The van der Waals surface area contributed by atoms with Crippen LogP contribution >= 0.6 is 23.2 Å². The van der Waals surface area contributed by atoms with Crippen LogP contribution in [0.2, 0.25) is 10.0 Å². The SMILES string of the molecule is CC1(C)OC(=O)C(=CNc2c(Cl)cc([N+](=O)[O-])cc2Cl)C(=O)O1. The average Bonchev–Trinajstić information content (AvgIpc) is 2.38. The van der Waals surface area contributed by atoms with Crippen molar-refractivity contribution in [3.63, 3.8) is 0 Å². The first-order valence-corrected chi connectivity index (χ1v) is 6.93. The Hall–Kier alpha value is -2.32. The summed E-state index contributed by atoms with van der Waals surface area (Å²) in [5.74, 6) is -3.12. The minimum Gasteiger partial charge on any atom is -0.419 e. The Kier molecular flexibility index (Phi) is 4.49.